The Morgan fingerprint density at radius 1 is 0.967 bits per heavy atom. The van der Waals surface area contributed by atoms with Crippen LogP contribution in [0.25, 0.3) is 21.9 Å². The second kappa shape index (κ2) is 13.8. The fraction of sp³-hybridized carbons (Fsp3) is 0.250. The zero-order valence-corrected chi connectivity index (χ0v) is 23.0. The van der Waals surface area contributed by atoms with Crippen molar-refractivity contribution in [1.82, 2.24) is 0 Å². The Kier molecular flexibility index (Phi) is 13.2. The Hall–Kier alpha value is -1.37. The molecule has 30 heavy (non-hydrogen) atoms. The van der Waals surface area contributed by atoms with Crippen molar-refractivity contribution in [3.8, 4) is 11.1 Å². The standard InChI is InChI=1S/C17H15.C9H13.2CH3.Si.Zr/c1-2-13-7-9-15(10-8-13)17-12-11-14-5-3-4-6-16(14)17;1-6-5-7(2)9(4)8(6)3;;;;/h3-12H,2H2,1H3;6H,1-4H3;2*1H3;;/q4*-1;;. The first-order chi connectivity index (χ1) is 13.5. The van der Waals surface area contributed by atoms with Crippen LogP contribution in [0.5, 0.6) is 0 Å². The summed E-state index contributed by atoms with van der Waals surface area (Å²) in [6, 6.07) is 21.8. The summed E-state index contributed by atoms with van der Waals surface area (Å²) >= 11 is 1.36. The topological polar surface area (TPSA) is 0 Å². The second-order valence-corrected chi connectivity index (χ2v) is 7.18. The Bertz CT molecular complexity index is 973. The monoisotopic (exact) mass is 488 g/mol. The van der Waals surface area contributed by atoms with Gasteiger partial charge in [-0.25, -0.2) is 5.57 Å². The van der Waals surface area contributed by atoms with E-state index in [-0.39, 0.29) is 14.9 Å². The van der Waals surface area contributed by atoms with Crippen molar-refractivity contribution < 1.29 is 23.3 Å². The summed E-state index contributed by atoms with van der Waals surface area (Å²) in [7, 11) is 0. The predicted molar refractivity (Wildman–Crippen MR) is 133 cm³/mol. The first-order valence-electron chi connectivity index (χ1n) is 9.77. The zero-order chi connectivity index (χ0) is 20.7. The van der Waals surface area contributed by atoms with E-state index in [0.717, 1.165) is 6.42 Å². The molecular formula is C28H34SiZr-4. The molecule has 2 heteroatoms. The molecule has 4 rings (SSSR count). The van der Waals surface area contributed by atoms with Crippen molar-refractivity contribution in [1.29, 1.82) is 0 Å². The van der Waals surface area contributed by atoms with Gasteiger partial charge in [0, 0.05) is 0 Å². The maximum absolute atomic E-state index is 3.36. The van der Waals surface area contributed by atoms with E-state index in [4.69, 9.17) is 0 Å². The number of aryl methyl sites for hydroxylation is 1. The summed E-state index contributed by atoms with van der Waals surface area (Å²) in [5, 5.41) is 2.67. The van der Waals surface area contributed by atoms with E-state index < -0.39 is 0 Å². The van der Waals surface area contributed by atoms with Crippen LogP contribution in [0.1, 0.15) is 40.2 Å². The average Bonchev–Trinajstić information content (AvgIpc) is 3.27. The van der Waals surface area contributed by atoms with Gasteiger partial charge in [0.05, 0.1) is 0 Å². The maximum atomic E-state index is 3.36. The molecule has 0 aromatic heterocycles. The Morgan fingerprint density at radius 2 is 1.57 bits per heavy atom. The van der Waals surface area contributed by atoms with Crippen molar-refractivity contribution in [3.63, 3.8) is 0 Å². The van der Waals surface area contributed by atoms with Crippen LogP contribution in [0.4, 0.5) is 0 Å². The fourth-order valence-electron chi connectivity index (χ4n) is 3.48. The van der Waals surface area contributed by atoms with Crippen LogP contribution in [0.15, 0.2) is 77.4 Å². The van der Waals surface area contributed by atoms with E-state index in [1.165, 1.54) is 67.5 Å². The van der Waals surface area contributed by atoms with Gasteiger partial charge in [-0.1, -0.05) is 69.5 Å². The van der Waals surface area contributed by atoms with Crippen molar-refractivity contribution in [3.05, 3.63) is 104 Å². The zero-order valence-electron chi connectivity index (χ0n) is 19.6. The molecule has 0 N–H and O–H groups in total. The Labute approximate surface area is 202 Å². The minimum atomic E-state index is 0. The minimum absolute atomic E-state index is 0. The van der Waals surface area contributed by atoms with Gasteiger partial charge in [-0.3, -0.25) is 6.08 Å². The van der Waals surface area contributed by atoms with Crippen molar-refractivity contribution in [2.45, 2.75) is 41.0 Å². The molecule has 2 radical (unpaired) electrons. The molecule has 1 aliphatic rings. The number of rotatable bonds is 2. The quantitative estimate of drug-likeness (QED) is 0.252. The van der Waals surface area contributed by atoms with Gasteiger partial charge in [0.15, 0.2) is 0 Å². The molecule has 3 aromatic rings. The van der Waals surface area contributed by atoms with Crippen LogP contribution in [-0.4, -0.2) is 6.88 Å². The molecule has 0 heterocycles. The van der Waals surface area contributed by atoms with Gasteiger partial charge < -0.3 is 14.9 Å². The molecule has 0 saturated heterocycles. The Balaban J connectivity index is 0.000000558. The third kappa shape index (κ3) is 6.82. The van der Waals surface area contributed by atoms with Crippen molar-refractivity contribution >= 4 is 17.7 Å². The van der Waals surface area contributed by atoms with Crippen LogP contribution < -0.4 is 0 Å². The molecule has 0 amide bonds. The molecule has 3 aromatic carbocycles. The number of allylic oxidation sites excluding steroid dienone is 4. The molecule has 0 nitrogen and oxygen atoms in total. The van der Waals surface area contributed by atoms with Crippen LogP contribution >= 0.6 is 0 Å². The van der Waals surface area contributed by atoms with E-state index in [1.54, 1.807) is 0 Å². The second-order valence-electron chi connectivity index (χ2n) is 7.18. The van der Waals surface area contributed by atoms with E-state index in [0.29, 0.717) is 5.92 Å². The molecule has 1 atom stereocenters. The number of hydrogen-bond donors (Lipinski definition) is 0. The third-order valence-corrected chi connectivity index (χ3v) is 5.59. The van der Waals surface area contributed by atoms with Gasteiger partial charge >= 0.3 is 30.2 Å². The van der Waals surface area contributed by atoms with E-state index in [9.17, 15) is 0 Å². The summed E-state index contributed by atoms with van der Waals surface area (Å²) < 4.78 is 0. The van der Waals surface area contributed by atoms with Gasteiger partial charge in [-0.05, 0) is 12.0 Å². The molecule has 1 unspecified atom stereocenters. The molecule has 1 aliphatic carbocycles. The molecule has 158 valence electrons. The fourth-order valence-corrected chi connectivity index (χ4v) is 3.48. The molecule has 0 spiro atoms. The van der Waals surface area contributed by atoms with Crippen molar-refractivity contribution in [2.24, 2.45) is 5.92 Å². The predicted octanol–water partition coefficient (Wildman–Crippen LogP) is 8.03. The third-order valence-electron chi connectivity index (χ3n) is 5.59. The van der Waals surface area contributed by atoms with Gasteiger partial charge in [0.2, 0.25) is 0 Å². The van der Waals surface area contributed by atoms with Crippen molar-refractivity contribution in [2.75, 3.05) is 0 Å². The first-order valence-corrected chi connectivity index (χ1v) is 14.0. The first kappa shape index (κ1) is 28.6. The summed E-state index contributed by atoms with van der Waals surface area (Å²) in [5.74, 6) is 0.560. The molecular weight excluding hydrogens is 456 g/mol. The van der Waals surface area contributed by atoms with Crippen LogP contribution in [0.3, 0.4) is 0 Å². The summed E-state index contributed by atoms with van der Waals surface area (Å²) in [5.41, 5.74) is 8.28. The van der Waals surface area contributed by atoms with Crippen LogP contribution in [0.2, 0.25) is 0 Å². The van der Waals surface area contributed by atoms with Crippen LogP contribution in [-0.2, 0) is 29.8 Å². The van der Waals surface area contributed by atoms with E-state index >= 15 is 0 Å². The normalized spacial score (nSPS) is 14.4. The summed E-state index contributed by atoms with van der Waals surface area (Å²) in [6.07, 6.45) is 4.46. The number of fused-ring (bicyclic) bond motifs is 1. The molecule has 0 bridgehead atoms. The summed E-state index contributed by atoms with van der Waals surface area (Å²) in [6.45, 7) is 13.9. The SMILES string of the molecule is CC1=[C-]C(C)C(C)=C1C.CCc1ccc(-c2c[cH-]c3ccccc23)cc1.[CH3-].[CH3-].[Si]=[Zr]. The van der Waals surface area contributed by atoms with Crippen LogP contribution in [0, 0.1) is 26.8 Å². The average molecular weight is 490 g/mol. The summed E-state index contributed by atoms with van der Waals surface area (Å²) in [4.78, 5) is 0. The van der Waals surface area contributed by atoms with Gasteiger partial charge in [0.25, 0.3) is 0 Å². The molecule has 0 saturated carbocycles. The van der Waals surface area contributed by atoms with E-state index in [1.807, 2.05) is 0 Å². The van der Waals surface area contributed by atoms with E-state index in [2.05, 4.69) is 108 Å². The number of benzene rings is 2. The Morgan fingerprint density at radius 3 is 2.03 bits per heavy atom. The van der Waals surface area contributed by atoms with Gasteiger partial charge in [-0.2, -0.15) is 11.1 Å². The molecule has 0 fully saturated rings. The van der Waals surface area contributed by atoms with Gasteiger partial charge in [0.1, 0.15) is 0 Å². The number of hydrogen-bond acceptors (Lipinski definition) is 0. The molecule has 0 aliphatic heterocycles. The van der Waals surface area contributed by atoms with Gasteiger partial charge in [-0.15, -0.1) is 53.6 Å².